The summed E-state index contributed by atoms with van der Waals surface area (Å²) < 4.78 is 5.84. The minimum Gasteiger partial charge on any atom is -0.346 e. The van der Waals surface area contributed by atoms with E-state index in [2.05, 4.69) is 57.7 Å². The van der Waals surface area contributed by atoms with Crippen molar-refractivity contribution < 1.29 is 4.79 Å². The Balaban J connectivity index is 1.17. The Morgan fingerprint density at radius 3 is 2.91 bits per heavy atom. The highest BCUT2D eigenvalue weighted by Crippen LogP contribution is 2.41. The molecule has 1 aliphatic carbocycles. The van der Waals surface area contributed by atoms with Gasteiger partial charge in [0.2, 0.25) is 0 Å². The molecule has 0 aliphatic heterocycles. The Kier molecular flexibility index (Phi) is 5.74. The second-order valence-corrected chi connectivity index (χ2v) is 10.5. The number of amides is 1. The number of imidazole rings is 1. The fourth-order valence-electron chi connectivity index (χ4n) is 4.11. The fourth-order valence-corrected chi connectivity index (χ4v) is 6.08. The minimum atomic E-state index is -0.200. The molecule has 0 spiro atoms. The van der Waals surface area contributed by atoms with E-state index in [0.29, 0.717) is 29.6 Å². The zero-order valence-corrected chi connectivity index (χ0v) is 21.6. The number of hydrogen-bond donors (Lipinski definition) is 1. The number of aromatic nitrogens is 6. The van der Waals surface area contributed by atoms with E-state index in [9.17, 15) is 4.79 Å². The molecule has 1 amide bonds. The molecule has 6 rings (SSSR count). The van der Waals surface area contributed by atoms with Gasteiger partial charge in [0.1, 0.15) is 0 Å². The molecule has 5 heterocycles. The molecule has 34 heavy (non-hydrogen) atoms. The van der Waals surface area contributed by atoms with Crippen LogP contribution in [0.3, 0.4) is 0 Å². The first kappa shape index (κ1) is 21.9. The van der Waals surface area contributed by atoms with Crippen molar-refractivity contribution in [2.75, 3.05) is 0 Å². The van der Waals surface area contributed by atoms with E-state index in [4.69, 9.17) is 11.6 Å². The van der Waals surface area contributed by atoms with E-state index in [1.54, 1.807) is 38.6 Å². The van der Waals surface area contributed by atoms with Crippen LogP contribution in [0.2, 0.25) is 5.02 Å². The molecule has 5 aromatic rings. The van der Waals surface area contributed by atoms with Crippen molar-refractivity contribution in [1.29, 1.82) is 0 Å². The molecule has 172 valence electrons. The Morgan fingerprint density at radius 1 is 1.21 bits per heavy atom. The topological polar surface area (TPSA) is 82.0 Å². The van der Waals surface area contributed by atoms with Gasteiger partial charge in [-0.15, -0.1) is 0 Å². The Bertz CT molecular complexity index is 1540. The largest absolute Gasteiger partial charge is 0.346 e. The lowest BCUT2D eigenvalue weighted by Gasteiger charge is -2.06. The molecule has 0 atom stereocenters. The zero-order chi connectivity index (χ0) is 23.2. The highest BCUT2D eigenvalue weighted by Gasteiger charge is 2.25. The normalized spacial score (nSPS) is 13.7. The van der Waals surface area contributed by atoms with Crippen LogP contribution < -0.4 is 5.32 Å². The van der Waals surface area contributed by atoms with Crippen LogP contribution in [-0.4, -0.2) is 34.0 Å². The molecule has 1 aliphatic rings. The zero-order valence-electron chi connectivity index (χ0n) is 17.9. The predicted molar refractivity (Wildman–Crippen MR) is 141 cm³/mol. The van der Waals surface area contributed by atoms with Gasteiger partial charge in [-0.25, -0.2) is 4.98 Å². The SMILES string of the molecule is O=C(NCc1ncn2ccc(Cl)cc12)c1cnn(Cc2cc3ncc(C4CC4)cc3n2SI)c1. The number of nitrogens with one attached hydrogen (secondary N) is 1. The molecular weight excluding hydrogens is 585 g/mol. The molecule has 1 saturated carbocycles. The first-order valence-corrected chi connectivity index (χ1v) is 14.5. The van der Waals surface area contributed by atoms with Gasteiger partial charge in [-0.2, -0.15) is 5.10 Å². The van der Waals surface area contributed by atoms with Crippen molar-refractivity contribution in [3.63, 3.8) is 0 Å². The smallest absolute Gasteiger partial charge is 0.254 e. The summed E-state index contributed by atoms with van der Waals surface area (Å²) in [6.45, 7) is 0.845. The summed E-state index contributed by atoms with van der Waals surface area (Å²) in [7, 11) is 1.62. The second kappa shape index (κ2) is 8.90. The van der Waals surface area contributed by atoms with Gasteiger partial charge in [-0.05, 0) is 48.6 Å². The quantitative estimate of drug-likeness (QED) is 0.258. The van der Waals surface area contributed by atoms with E-state index in [0.717, 1.165) is 27.9 Å². The third-order valence-corrected chi connectivity index (χ3v) is 8.02. The number of carbonyl (C=O) groups excluding carboxylic acids is 1. The Hall–Kier alpha value is -2.57. The molecule has 0 radical (unpaired) electrons. The van der Waals surface area contributed by atoms with Crippen LogP contribution in [0.5, 0.6) is 0 Å². The van der Waals surface area contributed by atoms with Crippen LogP contribution in [0.4, 0.5) is 0 Å². The summed E-state index contributed by atoms with van der Waals surface area (Å²) in [6, 6.07) is 7.98. The summed E-state index contributed by atoms with van der Waals surface area (Å²) >= 11 is 8.39. The van der Waals surface area contributed by atoms with Crippen LogP contribution >= 0.6 is 41.9 Å². The Morgan fingerprint density at radius 2 is 2.09 bits per heavy atom. The van der Waals surface area contributed by atoms with E-state index in [1.807, 2.05) is 22.9 Å². The lowest BCUT2D eigenvalue weighted by atomic mass is 10.2. The number of hydrogen-bond acceptors (Lipinski definition) is 5. The van der Waals surface area contributed by atoms with Crippen LogP contribution in [0.15, 0.2) is 55.4 Å². The van der Waals surface area contributed by atoms with Crippen LogP contribution in [0.25, 0.3) is 16.6 Å². The Labute approximate surface area is 216 Å². The second-order valence-electron chi connectivity index (χ2n) is 8.38. The molecule has 5 aromatic heterocycles. The molecule has 1 fully saturated rings. The van der Waals surface area contributed by atoms with Gasteiger partial charge in [0.15, 0.2) is 0 Å². The number of halogens is 2. The summed E-state index contributed by atoms with van der Waals surface area (Å²) in [5.74, 6) is 0.459. The summed E-state index contributed by atoms with van der Waals surface area (Å²) in [6.07, 6.45) is 11.4. The van der Waals surface area contributed by atoms with Crippen molar-refractivity contribution in [2.24, 2.45) is 0 Å². The van der Waals surface area contributed by atoms with Gasteiger partial charge < -0.3 is 9.72 Å². The number of carbonyl (C=O) groups is 1. The average molecular weight is 604 g/mol. The van der Waals surface area contributed by atoms with Gasteiger partial charge in [-0.3, -0.25) is 18.4 Å². The number of pyridine rings is 2. The van der Waals surface area contributed by atoms with Gasteiger partial charge in [0, 0.05) is 53.9 Å². The molecular formula is C23H19ClIN7OS. The maximum Gasteiger partial charge on any atom is 0.254 e. The lowest BCUT2D eigenvalue weighted by molar-refractivity contribution is 0.0950. The summed E-state index contributed by atoms with van der Waals surface area (Å²) in [5, 5.41) is 7.97. The molecule has 0 unspecified atom stereocenters. The molecule has 11 heteroatoms. The van der Waals surface area contributed by atoms with Gasteiger partial charge in [-0.1, -0.05) is 11.6 Å². The third kappa shape index (κ3) is 4.18. The predicted octanol–water partition coefficient (Wildman–Crippen LogP) is 5.24. The highest BCUT2D eigenvalue weighted by atomic mass is 127. The minimum absolute atomic E-state index is 0.200. The van der Waals surface area contributed by atoms with E-state index >= 15 is 0 Å². The maximum atomic E-state index is 12.7. The van der Waals surface area contributed by atoms with Crippen LogP contribution in [-0.2, 0) is 13.1 Å². The van der Waals surface area contributed by atoms with Crippen LogP contribution in [0, 0.1) is 0 Å². The molecule has 8 nitrogen and oxygen atoms in total. The number of nitrogens with zero attached hydrogens (tertiary/aromatic N) is 6. The van der Waals surface area contributed by atoms with E-state index in [1.165, 1.54) is 18.4 Å². The molecule has 0 bridgehead atoms. The third-order valence-electron chi connectivity index (χ3n) is 6.04. The number of fused-ring (bicyclic) bond motifs is 2. The van der Waals surface area contributed by atoms with E-state index < -0.39 is 0 Å². The monoisotopic (exact) mass is 603 g/mol. The van der Waals surface area contributed by atoms with Crippen molar-refractivity contribution in [1.82, 2.24) is 33.4 Å². The molecule has 0 aromatic carbocycles. The maximum absolute atomic E-state index is 12.7. The van der Waals surface area contributed by atoms with Gasteiger partial charge >= 0.3 is 0 Å². The first-order chi connectivity index (χ1) is 16.6. The van der Waals surface area contributed by atoms with Gasteiger partial charge in [0.25, 0.3) is 5.91 Å². The number of rotatable bonds is 7. The molecule has 1 N–H and O–H groups in total. The summed E-state index contributed by atoms with van der Waals surface area (Å²) in [5.41, 5.74) is 6.61. The lowest BCUT2D eigenvalue weighted by Crippen LogP contribution is -2.22. The van der Waals surface area contributed by atoms with Gasteiger partial charge in [0.05, 0.1) is 59.1 Å². The average Bonchev–Trinajstić information content (AvgIpc) is 3.30. The standard InChI is InChI=1S/C23H19ClIN7OS/c24-17-3-4-30-13-28-20(21(30)6-17)10-27-23(33)16-9-29-31(11-16)12-18-7-19-22(32(18)34-25)5-15(8-26-19)14-1-2-14/h3-9,11,13-14H,1-2,10,12H2,(H,27,33). The van der Waals surface area contributed by atoms with Crippen molar-refractivity contribution >= 4 is 64.4 Å². The van der Waals surface area contributed by atoms with Crippen molar-refractivity contribution in [3.8, 4) is 0 Å². The van der Waals surface area contributed by atoms with Crippen molar-refractivity contribution in [2.45, 2.75) is 31.8 Å². The summed E-state index contributed by atoms with van der Waals surface area (Å²) in [4.78, 5) is 21.8. The highest BCUT2D eigenvalue weighted by molar-refractivity contribution is 14.2. The first-order valence-electron chi connectivity index (χ1n) is 10.8. The van der Waals surface area contributed by atoms with Crippen molar-refractivity contribution in [3.05, 3.63) is 82.9 Å². The van der Waals surface area contributed by atoms with Crippen LogP contribution in [0.1, 0.15) is 46.1 Å². The fraction of sp³-hybridized carbons (Fsp3) is 0.217. The molecule has 0 saturated heterocycles. The van der Waals surface area contributed by atoms with E-state index in [-0.39, 0.29) is 5.91 Å².